The third-order valence-corrected chi connectivity index (χ3v) is 4.01. The summed E-state index contributed by atoms with van der Waals surface area (Å²) >= 11 is 0. The monoisotopic (exact) mass is 336 g/mol. The number of benzene rings is 1. The van der Waals surface area contributed by atoms with Crippen LogP contribution in [0, 0.1) is 0 Å². The maximum atomic E-state index is 12.4. The zero-order valence-corrected chi connectivity index (χ0v) is 14.4. The first-order chi connectivity index (χ1) is 11.6. The Morgan fingerprint density at radius 3 is 2.50 bits per heavy atom. The highest BCUT2D eigenvalue weighted by atomic mass is 16.5. The SMILES string of the molecule is COc1ccc(C(=O)NCCCN2CCCC2=O)c(OC)c1OC. The van der Waals surface area contributed by atoms with E-state index in [1.165, 1.54) is 21.3 Å². The van der Waals surface area contributed by atoms with Crippen molar-refractivity contribution in [3.8, 4) is 17.2 Å². The van der Waals surface area contributed by atoms with Crippen molar-refractivity contribution >= 4 is 11.8 Å². The van der Waals surface area contributed by atoms with Crippen LogP contribution in [0.4, 0.5) is 0 Å². The second kappa shape index (κ2) is 8.42. The van der Waals surface area contributed by atoms with Crippen molar-refractivity contribution in [2.24, 2.45) is 0 Å². The average molecular weight is 336 g/mol. The summed E-state index contributed by atoms with van der Waals surface area (Å²) in [7, 11) is 4.50. The van der Waals surface area contributed by atoms with Crippen molar-refractivity contribution in [1.82, 2.24) is 10.2 Å². The fourth-order valence-electron chi connectivity index (χ4n) is 2.79. The molecule has 0 aromatic heterocycles. The highest BCUT2D eigenvalue weighted by Crippen LogP contribution is 2.39. The number of hydrogen-bond donors (Lipinski definition) is 1. The first kappa shape index (κ1) is 17.9. The van der Waals surface area contributed by atoms with Crippen LogP contribution in [0.3, 0.4) is 0 Å². The minimum atomic E-state index is -0.249. The summed E-state index contributed by atoms with van der Waals surface area (Å²) < 4.78 is 15.8. The zero-order valence-electron chi connectivity index (χ0n) is 14.4. The lowest BCUT2D eigenvalue weighted by Gasteiger charge is -2.17. The van der Waals surface area contributed by atoms with Crippen LogP contribution in [0.5, 0.6) is 17.2 Å². The van der Waals surface area contributed by atoms with Crippen molar-refractivity contribution < 1.29 is 23.8 Å². The van der Waals surface area contributed by atoms with Gasteiger partial charge < -0.3 is 24.4 Å². The quantitative estimate of drug-likeness (QED) is 0.727. The summed E-state index contributed by atoms with van der Waals surface area (Å²) in [5.41, 5.74) is 0.382. The first-order valence-electron chi connectivity index (χ1n) is 7.97. The minimum Gasteiger partial charge on any atom is -0.493 e. The van der Waals surface area contributed by atoms with Crippen molar-refractivity contribution in [1.29, 1.82) is 0 Å². The van der Waals surface area contributed by atoms with Gasteiger partial charge >= 0.3 is 0 Å². The van der Waals surface area contributed by atoms with E-state index in [1.54, 1.807) is 12.1 Å². The average Bonchev–Trinajstić information content (AvgIpc) is 3.01. The third-order valence-electron chi connectivity index (χ3n) is 4.01. The van der Waals surface area contributed by atoms with Crippen LogP contribution in [-0.2, 0) is 4.79 Å². The van der Waals surface area contributed by atoms with Gasteiger partial charge in [-0.05, 0) is 25.0 Å². The van der Waals surface area contributed by atoms with Gasteiger partial charge in [0.15, 0.2) is 11.5 Å². The van der Waals surface area contributed by atoms with E-state index in [4.69, 9.17) is 14.2 Å². The van der Waals surface area contributed by atoms with Crippen LogP contribution < -0.4 is 19.5 Å². The number of hydrogen-bond acceptors (Lipinski definition) is 5. The summed E-state index contributed by atoms with van der Waals surface area (Å²) in [6.07, 6.45) is 2.27. The molecular weight excluding hydrogens is 312 g/mol. The second-order valence-electron chi connectivity index (χ2n) is 5.48. The Balaban J connectivity index is 1.95. The van der Waals surface area contributed by atoms with Gasteiger partial charge in [-0.2, -0.15) is 0 Å². The van der Waals surface area contributed by atoms with Crippen LogP contribution in [0.25, 0.3) is 0 Å². The van der Waals surface area contributed by atoms with Crippen molar-refractivity contribution in [2.45, 2.75) is 19.3 Å². The molecule has 0 spiro atoms. The van der Waals surface area contributed by atoms with Gasteiger partial charge in [-0.3, -0.25) is 9.59 Å². The third kappa shape index (κ3) is 3.90. The molecule has 24 heavy (non-hydrogen) atoms. The lowest BCUT2D eigenvalue weighted by molar-refractivity contribution is -0.127. The van der Waals surface area contributed by atoms with Crippen LogP contribution >= 0.6 is 0 Å². The molecule has 2 rings (SSSR count). The molecule has 1 aliphatic rings. The van der Waals surface area contributed by atoms with Gasteiger partial charge in [-0.15, -0.1) is 0 Å². The summed E-state index contributed by atoms with van der Waals surface area (Å²) in [5, 5.41) is 2.85. The summed E-state index contributed by atoms with van der Waals surface area (Å²) in [5.74, 6) is 1.17. The molecule has 0 unspecified atom stereocenters. The van der Waals surface area contributed by atoms with Gasteiger partial charge in [-0.25, -0.2) is 0 Å². The van der Waals surface area contributed by atoms with E-state index in [2.05, 4.69) is 5.32 Å². The number of ether oxygens (including phenoxy) is 3. The van der Waals surface area contributed by atoms with Crippen LogP contribution in [0.15, 0.2) is 12.1 Å². The van der Waals surface area contributed by atoms with Crippen molar-refractivity contribution in [3.05, 3.63) is 17.7 Å². The Morgan fingerprint density at radius 1 is 1.17 bits per heavy atom. The van der Waals surface area contributed by atoms with Crippen molar-refractivity contribution in [2.75, 3.05) is 41.0 Å². The predicted molar refractivity (Wildman–Crippen MR) is 88.9 cm³/mol. The Morgan fingerprint density at radius 2 is 1.92 bits per heavy atom. The van der Waals surface area contributed by atoms with Crippen molar-refractivity contribution in [3.63, 3.8) is 0 Å². The lowest BCUT2D eigenvalue weighted by atomic mass is 10.1. The summed E-state index contributed by atoms with van der Waals surface area (Å²) in [4.78, 5) is 25.8. The maximum Gasteiger partial charge on any atom is 0.255 e. The normalized spacial score (nSPS) is 13.8. The largest absolute Gasteiger partial charge is 0.493 e. The molecule has 0 aliphatic carbocycles. The van der Waals surface area contributed by atoms with E-state index in [0.717, 1.165) is 13.0 Å². The van der Waals surface area contributed by atoms with Crippen LogP contribution in [0.2, 0.25) is 0 Å². The highest BCUT2D eigenvalue weighted by Gasteiger charge is 2.21. The molecule has 1 aromatic rings. The number of nitrogens with one attached hydrogen (secondary N) is 1. The second-order valence-corrected chi connectivity index (χ2v) is 5.48. The van der Waals surface area contributed by atoms with E-state index in [0.29, 0.717) is 48.7 Å². The van der Waals surface area contributed by atoms with Gasteiger partial charge in [0.05, 0.1) is 26.9 Å². The van der Waals surface area contributed by atoms with Gasteiger partial charge in [0.25, 0.3) is 5.91 Å². The molecule has 1 aliphatic heterocycles. The molecule has 0 saturated carbocycles. The maximum absolute atomic E-state index is 12.4. The topological polar surface area (TPSA) is 77.1 Å². The van der Waals surface area contributed by atoms with E-state index >= 15 is 0 Å². The lowest BCUT2D eigenvalue weighted by Crippen LogP contribution is -2.30. The standard InChI is InChI=1S/C17H24N2O5/c1-22-13-8-7-12(15(23-2)16(13)24-3)17(21)18-9-5-11-19-10-4-6-14(19)20/h7-8H,4-6,9-11H2,1-3H3,(H,18,21). The molecule has 1 heterocycles. The number of carbonyl (C=O) groups excluding carboxylic acids is 2. The number of nitrogens with zero attached hydrogens (tertiary/aromatic N) is 1. The molecule has 7 heteroatoms. The fourth-order valence-corrected chi connectivity index (χ4v) is 2.79. The molecule has 1 saturated heterocycles. The minimum absolute atomic E-state index is 0.197. The Labute approximate surface area is 141 Å². The van der Waals surface area contributed by atoms with E-state index < -0.39 is 0 Å². The molecule has 0 atom stereocenters. The Bertz CT molecular complexity index is 603. The van der Waals surface area contributed by atoms with E-state index in [-0.39, 0.29) is 11.8 Å². The van der Waals surface area contributed by atoms with Crippen LogP contribution in [-0.4, -0.2) is 57.7 Å². The number of amides is 2. The van der Waals surface area contributed by atoms with Gasteiger partial charge in [0.1, 0.15) is 0 Å². The number of methoxy groups -OCH3 is 3. The van der Waals surface area contributed by atoms with E-state index in [9.17, 15) is 9.59 Å². The molecule has 1 N–H and O–H groups in total. The molecule has 1 fully saturated rings. The summed E-state index contributed by atoms with van der Waals surface area (Å²) in [6, 6.07) is 3.30. The molecule has 132 valence electrons. The number of likely N-dealkylation sites (tertiary alicyclic amines) is 1. The molecular formula is C17H24N2O5. The van der Waals surface area contributed by atoms with Gasteiger partial charge in [0, 0.05) is 26.1 Å². The molecule has 7 nitrogen and oxygen atoms in total. The predicted octanol–water partition coefficient (Wildman–Crippen LogP) is 1.45. The first-order valence-corrected chi connectivity index (χ1v) is 7.97. The van der Waals surface area contributed by atoms with Crippen LogP contribution in [0.1, 0.15) is 29.6 Å². The molecule has 0 radical (unpaired) electrons. The van der Waals surface area contributed by atoms with E-state index in [1.807, 2.05) is 4.90 Å². The molecule has 2 amide bonds. The number of carbonyl (C=O) groups is 2. The number of rotatable bonds is 8. The Kier molecular flexibility index (Phi) is 6.28. The molecule has 0 bridgehead atoms. The Hall–Kier alpha value is -2.44. The van der Waals surface area contributed by atoms with Gasteiger partial charge in [-0.1, -0.05) is 0 Å². The zero-order chi connectivity index (χ0) is 17.5. The molecule has 1 aromatic carbocycles. The smallest absolute Gasteiger partial charge is 0.255 e. The fraction of sp³-hybridized carbons (Fsp3) is 0.529. The summed E-state index contributed by atoms with van der Waals surface area (Å²) in [6.45, 7) is 1.97. The highest BCUT2D eigenvalue weighted by molar-refractivity contribution is 5.98. The van der Waals surface area contributed by atoms with Gasteiger partial charge in [0.2, 0.25) is 11.7 Å².